The lowest BCUT2D eigenvalue weighted by molar-refractivity contribution is 0.357. The zero-order valence-electron chi connectivity index (χ0n) is 9.39. The number of hydrogen-bond acceptors (Lipinski definition) is 1. The Hall–Kier alpha value is -0.480. The molecule has 1 heteroatoms. The molecule has 0 aromatic heterocycles. The fraction of sp³-hybridized carbons (Fsp3) is 0.846. The van der Waals surface area contributed by atoms with Crippen LogP contribution in [0.5, 0.6) is 0 Å². The molecule has 1 aliphatic carbocycles. The van der Waals surface area contributed by atoms with Crippen molar-refractivity contribution in [3.8, 4) is 12.3 Å². The summed E-state index contributed by atoms with van der Waals surface area (Å²) in [7, 11) is 0. The number of hydrogen-bond donors (Lipinski definition) is 1. The lowest BCUT2D eigenvalue weighted by Crippen LogP contribution is -2.34. The number of unbranched alkanes of at least 4 members (excludes halogenated alkanes) is 1. The van der Waals surface area contributed by atoms with E-state index in [1.807, 2.05) is 0 Å². The summed E-state index contributed by atoms with van der Waals surface area (Å²) in [5.41, 5.74) is 0. The number of rotatable bonds is 4. The van der Waals surface area contributed by atoms with Gasteiger partial charge in [0.2, 0.25) is 0 Å². The quantitative estimate of drug-likeness (QED) is 0.411. The summed E-state index contributed by atoms with van der Waals surface area (Å²) in [6, 6.07) is 0.746. The zero-order chi connectivity index (χ0) is 10.2. The van der Waals surface area contributed by atoms with Gasteiger partial charge in [-0.3, -0.25) is 0 Å². The summed E-state index contributed by atoms with van der Waals surface area (Å²) < 4.78 is 0. The minimum Gasteiger partial charge on any atom is -0.314 e. The number of terminal acetylenes is 1. The predicted molar refractivity (Wildman–Crippen MR) is 62.1 cm³/mol. The molecule has 1 aliphatic rings. The van der Waals surface area contributed by atoms with Gasteiger partial charge in [0.25, 0.3) is 0 Å². The van der Waals surface area contributed by atoms with Crippen molar-refractivity contribution in [3.63, 3.8) is 0 Å². The van der Waals surface area contributed by atoms with Crippen LogP contribution in [-0.4, -0.2) is 12.6 Å². The summed E-state index contributed by atoms with van der Waals surface area (Å²) in [5, 5.41) is 3.65. The van der Waals surface area contributed by atoms with E-state index in [1.165, 1.54) is 32.1 Å². The van der Waals surface area contributed by atoms with Crippen molar-refractivity contribution in [3.05, 3.63) is 0 Å². The van der Waals surface area contributed by atoms with Crippen LogP contribution in [0.15, 0.2) is 0 Å². The van der Waals surface area contributed by atoms with Crippen LogP contribution < -0.4 is 5.32 Å². The van der Waals surface area contributed by atoms with Crippen LogP contribution in [0.4, 0.5) is 0 Å². The summed E-state index contributed by atoms with van der Waals surface area (Å²) in [5.74, 6) is 3.54. The molecule has 0 aliphatic heterocycles. The van der Waals surface area contributed by atoms with Gasteiger partial charge in [-0.25, -0.2) is 0 Å². The molecule has 0 radical (unpaired) electrons. The second-order valence-electron chi connectivity index (χ2n) is 4.48. The molecule has 0 aromatic carbocycles. The SMILES string of the molecule is C#CCCCNC1CCCCCC1C. The third-order valence-corrected chi connectivity index (χ3v) is 3.27. The van der Waals surface area contributed by atoms with E-state index in [1.54, 1.807) is 0 Å². The van der Waals surface area contributed by atoms with Crippen LogP contribution in [0.25, 0.3) is 0 Å². The van der Waals surface area contributed by atoms with Crippen LogP contribution in [-0.2, 0) is 0 Å². The van der Waals surface area contributed by atoms with Gasteiger partial charge in [0.15, 0.2) is 0 Å². The van der Waals surface area contributed by atoms with Crippen LogP contribution >= 0.6 is 0 Å². The lowest BCUT2D eigenvalue weighted by atomic mass is 9.97. The highest BCUT2D eigenvalue weighted by molar-refractivity contribution is 4.84. The first-order valence-electron chi connectivity index (χ1n) is 6.01. The van der Waals surface area contributed by atoms with Crippen molar-refractivity contribution in [1.82, 2.24) is 5.32 Å². The summed E-state index contributed by atoms with van der Waals surface area (Å²) in [6.45, 7) is 3.48. The summed E-state index contributed by atoms with van der Waals surface area (Å²) in [4.78, 5) is 0. The third kappa shape index (κ3) is 4.15. The molecule has 14 heavy (non-hydrogen) atoms. The minimum absolute atomic E-state index is 0.746. The van der Waals surface area contributed by atoms with Crippen LogP contribution in [0.2, 0.25) is 0 Å². The van der Waals surface area contributed by atoms with Crippen molar-refractivity contribution >= 4 is 0 Å². The van der Waals surface area contributed by atoms with E-state index in [4.69, 9.17) is 6.42 Å². The van der Waals surface area contributed by atoms with E-state index in [0.717, 1.165) is 31.3 Å². The molecule has 1 fully saturated rings. The Balaban J connectivity index is 2.17. The van der Waals surface area contributed by atoms with E-state index in [2.05, 4.69) is 18.2 Å². The second kappa shape index (κ2) is 6.90. The van der Waals surface area contributed by atoms with Gasteiger partial charge in [-0.2, -0.15) is 0 Å². The molecule has 0 heterocycles. The molecule has 2 atom stereocenters. The predicted octanol–water partition coefficient (Wildman–Crippen LogP) is 2.96. The van der Waals surface area contributed by atoms with Gasteiger partial charge in [0.1, 0.15) is 0 Å². The molecule has 1 nitrogen and oxygen atoms in total. The van der Waals surface area contributed by atoms with Crippen LogP contribution in [0, 0.1) is 18.3 Å². The van der Waals surface area contributed by atoms with Crippen LogP contribution in [0.1, 0.15) is 51.9 Å². The Labute approximate surface area is 88.7 Å². The Morgan fingerprint density at radius 2 is 2.07 bits per heavy atom. The second-order valence-corrected chi connectivity index (χ2v) is 4.48. The monoisotopic (exact) mass is 193 g/mol. The molecule has 0 amide bonds. The third-order valence-electron chi connectivity index (χ3n) is 3.27. The molecule has 2 unspecified atom stereocenters. The minimum atomic E-state index is 0.746. The first kappa shape index (κ1) is 11.6. The van der Waals surface area contributed by atoms with Gasteiger partial charge >= 0.3 is 0 Å². The summed E-state index contributed by atoms with van der Waals surface area (Å²) in [6.07, 6.45) is 14.3. The van der Waals surface area contributed by atoms with Crippen molar-refractivity contribution < 1.29 is 0 Å². The van der Waals surface area contributed by atoms with Gasteiger partial charge in [-0.05, 0) is 31.7 Å². The molecule has 1 N–H and O–H groups in total. The van der Waals surface area contributed by atoms with E-state index in [-0.39, 0.29) is 0 Å². The molecular formula is C13H23N. The fourth-order valence-electron chi connectivity index (χ4n) is 2.27. The van der Waals surface area contributed by atoms with E-state index < -0.39 is 0 Å². The van der Waals surface area contributed by atoms with Crippen LogP contribution in [0.3, 0.4) is 0 Å². The first-order chi connectivity index (χ1) is 6.84. The van der Waals surface area contributed by atoms with E-state index >= 15 is 0 Å². The normalized spacial score (nSPS) is 28.0. The van der Waals surface area contributed by atoms with Crippen molar-refractivity contribution in [2.75, 3.05) is 6.54 Å². The maximum atomic E-state index is 5.22. The highest BCUT2D eigenvalue weighted by atomic mass is 14.9. The first-order valence-corrected chi connectivity index (χ1v) is 6.01. The molecular weight excluding hydrogens is 170 g/mol. The zero-order valence-corrected chi connectivity index (χ0v) is 9.39. The Morgan fingerprint density at radius 1 is 1.29 bits per heavy atom. The Kier molecular flexibility index (Phi) is 5.71. The Bertz CT molecular complexity index is 180. The van der Waals surface area contributed by atoms with Crippen molar-refractivity contribution in [2.45, 2.75) is 57.9 Å². The van der Waals surface area contributed by atoms with Gasteiger partial charge in [-0.15, -0.1) is 12.3 Å². The van der Waals surface area contributed by atoms with Gasteiger partial charge in [0.05, 0.1) is 0 Å². The largest absolute Gasteiger partial charge is 0.314 e. The highest BCUT2D eigenvalue weighted by Crippen LogP contribution is 2.22. The Morgan fingerprint density at radius 3 is 2.86 bits per heavy atom. The van der Waals surface area contributed by atoms with Gasteiger partial charge in [-0.1, -0.05) is 26.2 Å². The average Bonchev–Trinajstić information content (AvgIpc) is 2.39. The highest BCUT2D eigenvalue weighted by Gasteiger charge is 2.18. The standard InChI is InChI=1S/C13H23N/c1-3-4-8-11-14-13-10-7-5-6-9-12(13)2/h1,12-14H,4-11H2,2H3. The molecule has 0 saturated heterocycles. The fourth-order valence-corrected chi connectivity index (χ4v) is 2.27. The molecule has 1 saturated carbocycles. The smallest absolute Gasteiger partial charge is 0.00981 e. The summed E-state index contributed by atoms with van der Waals surface area (Å²) >= 11 is 0. The van der Waals surface area contributed by atoms with Gasteiger partial charge < -0.3 is 5.32 Å². The number of nitrogens with one attached hydrogen (secondary N) is 1. The van der Waals surface area contributed by atoms with Gasteiger partial charge in [0, 0.05) is 12.5 Å². The van der Waals surface area contributed by atoms with E-state index in [0.29, 0.717) is 0 Å². The van der Waals surface area contributed by atoms with Crippen molar-refractivity contribution in [1.29, 1.82) is 0 Å². The molecule has 1 rings (SSSR count). The lowest BCUT2D eigenvalue weighted by Gasteiger charge is -2.22. The van der Waals surface area contributed by atoms with Crippen molar-refractivity contribution in [2.24, 2.45) is 5.92 Å². The topological polar surface area (TPSA) is 12.0 Å². The maximum absolute atomic E-state index is 5.22. The molecule has 80 valence electrons. The molecule has 0 bridgehead atoms. The van der Waals surface area contributed by atoms with E-state index in [9.17, 15) is 0 Å². The maximum Gasteiger partial charge on any atom is 0.00981 e. The molecule has 0 spiro atoms. The molecule has 0 aromatic rings. The average molecular weight is 193 g/mol.